The van der Waals surface area contributed by atoms with Crippen LogP contribution in [0.5, 0.6) is 0 Å². The highest BCUT2D eigenvalue weighted by Crippen LogP contribution is 2.09. The predicted molar refractivity (Wildman–Crippen MR) is 55.4 cm³/mol. The Bertz CT molecular complexity index is 93.1. The van der Waals surface area contributed by atoms with Gasteiger partial charge in [-0.1, -0.05) is 13.8 Å². The quantitative estimate of drug-likeness (QED) is 0.500. The van der Waals surface area contributed by atoms with E-state index in [2.05, 4.69) is 25.8 Å². The van der Waals surface area contributed by atoms with Crippen LogP contribution < -0.4 is 0 Å². The second-order valence-electron chi connectivity index (χ2n) is 3.33. The third-order valence-electron chi connectivity index (χ3n) is 2.35. The van der Waals surface area contributed by atoms with Gasteiger partial charge in [0.15, 0.2) is 7.98 Å². The molecule has 1 rings (SSSR count). The summed E-state index contributed by atoms with van der Waals surface area (Å²) in [6.07, 6.45) is 0. The molecule has 0 aromatic heterocycles. The first-order valence-corrected chi connectivity index (χ1v) is 4.83. The molecule has 1 aliphatic rings. The van der Waals surface area contributed by atoms with Crippen LogP contribution in [0.4, 0.5) is 0 Å². The summed E-state index contributed by atoms with van der Waals surface area (Å²) in [5.74, 6) is 0. The van der Waals surface area contributed by atoms with E-state index in [1.807, 2.05) is 18.7 Å². The Kier molecular flexibility index (Phi) is 5.59. The molecule has 0 bridgehead atoms. The summed E-state index contributed by atoms with van der Waals surface area (Å²) in [6, 6.07) is 1.10. The van der Waals surface area contributed by atoms with Gasteiger partial charge in [0.25, 0.3) is 0 Å². The van der Waals surface area contributed by atoms with E-state index in [4.69, 9.17) is 7.98 Å². The van der Waals surface area contributed by atoms with Crippen molar-refractivity contribution in [2.75, 3.05) is 20.1 Å². The number of hydrogen-bond donors (Lipinski definition) is 0. The molecular formula is C9H21BN2. The zero-order valence-electron chi connectivity index (χ0n) is 9.04. The molecule has 1 heterocycles. The van der Waals surface area contributed by atoms with Crippen molar-refractivity contribution in [2.24, 2.45) is 0 Å². The average Bonchev–Trinajstić information content (AvgIpc) is 2.05. The van der Waals surface area contributed by atoms with Crippen molar-refractivity contribution in [3.05, 3.63) is 0 Å². The summed E-state index contributed by atoms with van der Waals surface area (Å²) in [6.45, 7) is 10.4. The summed E-state index contributed by atoms with van der Waals surface area (Å²) in [5.41, 5.74) is 0. The van der Waals surface area contributed by atoms with Crippen molar-refractivity contribution in [2.45, 2.75) is 39.8 Å². The van der Waals surface area contributed by atoms with Gasteiger partial charge in [-0.2, -0.15) is 0 Å². The van der Waals surface area contributed by atoms with E-state index in [1.165, 1.54) is 0 Å². The van der Waals surface area contributed by atoms with E-state index in [-0.39, 0.29) is 0 Å². The molecular weight excluding hydrogens is 147 g/mol. The van der Waals surface area contributed by atoms with Crippen molar-refractivity contribution < 1.29 is 0 Å². The van der Waals surface area contributed by atoms with Crippen LogP contribution in [-0.2, 0) is 0 Å². The van der Waals surface area contributed by atoms with Crippen molar-refractivity contribution in [3.8, 4) is 0 Å². The van der Waals surface area contributed by atoms with Gasteiger partial charge in [-0.25, -0.2) is 0 Å². The minimum absolute atomic E-state index is 0.501. The van der Waals surface area contributed by atoms with Crippen molar-refractivity contribution in [1.82, 2.24) is 9.71 Å². The van der Waals surface area contributed by atoms with Crippen LogP contribution >= 0.6 is 0 Å². The molecule has 2 atom stereocenters. The molecule has 0 saturated carbocycles. The number of piperazine rings is 1. The van der Waals surface area contributed by atoms with Gasteiger partial charge in [-0.15, -0.1) is 0 Å². The Morgan fingerprint density at radius 2 is 1.58 bits per heavy atom. The van der Waals surface area contributed by atoms with Crippen molar-refractivity contribution in [3.63, 3.8) is 0 Å². The minimum Gasteiger partial charge on any atom is -0.349 e. The Hall–Kier alpha value is -0.0151. The zero-order valence-corrected chi connectivity index (χ0v) is 9.04. The zero-order chi connectivity index (χ0) is 9.72. The van der Waals surface area contributed by atoms with Crippen LogP contribution in [0.3, 0.4) is 0 Å². The number of likely N-dealkylation sites (N-methyl/N-ethyl adjacent to an activating group) is 1. The molecule has 2 unspecified atom stereocenters. The number of rotatable bonds is 0. The Labute approximate surface area is 78.4 Å². The third-order valence-corrected chi connectivity index (χ3v) is 2.35. The van der Waals surface area contributed by atoms with Gasteiger partial charge < -0.3 is 9.71 Å². The van der Waals surface area contributed by atoms with Crippen LogP contribution in [0.2, 0.25) is 0 Å². The largest absolute Gasteiger partial charge is 0.349 e. The highest BCUT2D eigenvalue weighted by Gasteiger charge is 2.22. The maximum absolute atomic E-state index is 5.74. The van der Waals surface area contributed by atoms with Crippen LogP contribution in [0, 0.1) is 0 Å². The maximum atomic E-state index is 5.74. The Morgan fingerprint density at radius 1 is 1.08 bits per heavy atom. The highest BCUT2D eigenvalue weighted by molar-refractivity contribution is 6.04. The lowest BCUT2D eigenvalue weighted by Crippen LogP contribution is -2.53. The van der Waals surface area contributed by atoms with Crippen molar-refractivity contribution >= 4 is 7.98 Å². The summed E-state index contributed by atoms with van der Waals surface area (Å²) >= 11 is 0. The molecule has 3 heteroatoms. The summed E-state index contributed by atoms with van der Waals surface area (Å²) in [5, 5.41) is 0. The van der Waals surface area contributed by atoms with Crippen LogP contribution in [0.1, 0.15) is 27.7 Å². The van der Waals surface area contributed by atoms with E-state index in [1.54, 1.807) is 0 Å². The fourth-order valence-electron chi connectivity index (χ4n) is 1.33. The average molecular weight is 168 g/mol. The van der Waals surface area contributed by atoms with E-state index in [0.29, 0.717) is 12.1 Å². The lowest BCUT2D eigenvalue weighted by Gasteiger charge is -2.41. The molecule has 70 valence electrons. The second kappa shape index (κ2) is 5.60. The van der Waals surface area contributed by atoms with E-state index in [9.17, 15) is 0 Å². The first kappa shape index (κ1) is 12.0. The molecule has 0 aromatic rings. The summed E-state index contributed by atoms with van der Waals surface area (Å²) in [7, 11) is 7.88. The first-order valence-electron chi connectivity index (χ1n) is 4.83. The molecule has 2 nitrogen and oxygen atoms in total. The standard InChI is InChI=1S/C7H15BN2.C2H6/c1-6-5-10(8)7(2)4-9(6)3;1-2/h6-7H,4-5H2,1-3H3;1-2H3. The summed E-state index contributed by atoms with van der Waals surface area (Å²) in [4.78, 5) is 4.26. The lowest BCUT2D eigenvalue weighted by atomic mass is 10.1. The fraction of sp³-hybridized carbons (Fsp3) is 1.00. The van der Waals surface area contributed by atoms with Crippen LogP contribution in [0.25, 0.3) is 0 Å². The lowest BCUT2D eigenvalue weighted by molar-refractivity contribution is 0.120. The topological polar surface area (TPSA) is 6.48 Å². The first-order chi connectivity index (χ1) is 5.61. The monoisotopic (exact) mass is 168 g/mol. The molecule has 1 saturated heterocycles. The molecule has 2 radical (unpaired) electrons. The molecule has 1 aliphatic heterocycles. The molecule has 0 aliphatic carbocycles. The third kappa shape index (κ3) is 3.15. The Balaban J connectivity index is 0.000000561. The number of hydrogen-bond acceptors (Lipinski definition) is 2. The second-order valence-corrected chi connectivity index (χ2v) is 3.33. The normalized spacial score (nSPS) is 32.4. The SMILES string of the molecule is CC.[B]N1CC(C)N(C)CC1C. The van der Waals surface area contributed by atoms with Crippen molar-refractivity contribution in [1.29, 1.82) is 0 Å². The molecule has 0 spiro atoms. The van der Waals surface area contributed by atoms with Gasteiger partial charge >= 0.3 is 0 Å². The van der Waals surface area contributed by atoms with Gasteiger partial charge in [0, 0.05) is 25.2 Å². The fourth-order valence-corrected chi connectivity index (χ4v) is 1.33. The van der Waals surface area contributed by atoms with Gasteiger partial charge in [0.05, 0.1) is 0 Å². The van der Waals surface area contributed by atoms with E-state index in [0.717, 1.165) is 13.1 Å². The molecule has 12 heavy (non-hydrogen) atoms. The van der Waals surface area contributed by atoms with Gasteiger partial charge in [0.1, 0.15) is 0 Å². The van der Waals surface area contributed by atoms with E-state index < -0.39 is 0 Å². The summed E-state index contributed by atoms with van der Waals surface area (Å²) < 4.78 is 0. The molecule has 0 amide bonds. The predicted octanol–water partition coefficient (Wildman–Crippen LogP) is 1.12. The number of nitrogens with zero attached hydrogens (tertiary/aromatic N) is 2. The minimum atomic E-state index is 0.501. The molecule has 0 N–H and O–H groups in total. The van der Waals surface area contributed by atoms with Gasteiger partial charge in [-0.3, -0.25) is 0 Å². The van der Waals surface area contributed by atoms with E-state index >= 15 is 0 Å². The van der Waals surface area contributed by atoms with Crippen LogP contribution in [-0.4, -0.2) is 49.9 Å². The van der Waals surface area contributed by atoms with Crippen LogP contribution in [0.15, 0.2) is 0 Å². The Morgan fingerprint density at radius 3 is 2.00 bits per heavy atom. The maximum Gasteiger partial charge on any atom is 0.182 e. The van der Waals surface area contributed by atoms with Gasteiger partial charge in [-0.05, 0) is 20.9 Å². The highest BCUT2D eigenvalue weighted by atomic mass is 15.2. The molecule has 0 aromatic carbocycles. The van der Waals surface area contributed by atoms with Gasteiger partial charge in [0.2, 0.25) is 0 Å². The molecule has 1 fully saturated rings. The smallest absolute Gasteiger partial charge is 0.182 e.